The fourth-order valence-corrected chi connectivity index (χ4v) is 3.64. The summed E-state index contributed by atoms with van der Waals surface area (Å²) < 4.78 is 3.25. The lowest BCUT2D eigenvalue weighted by Crippen LogP contribution is -1.92. The molecule has 0 amide bonds. The molecule has 3 rings (SSSR count). The van der Waals surface area contributed by atoms with Crippen LogP contribution in [0.25, 0.3) is 10.8 Å². The van der Waals surface area contributed by atoms with E-state index in [0.717, 1.165) is 21.4 Å². The van der Waals surface area contributed by atoms with Gasteiger partial charge >= 0.3 is 0 Å². The first-order valence-corrected chi connectivity index (χ1v) is 8.05. The maximum atomic E-state index is 9.32. The summed E-state index contributed by atoms with van der Waals surface area (Å²) in [5, 5.41) is 12.6. The van der Waals surface area contributed by atoms with Gasteiger partial charge in [0.05, 0.1) is 11.3 Å². The maximum Gasteiger partial charge on any atom is 0.101 e. The Kier molecular flexibility index (Phi) is 4.44. The summed E-state index contributed by atoms with van der Waals surface area (Å²) in [7, 11) is 0. The third-order valence-electron chi connectivity index (χ3n) is 3.16. The molecule has 1 N–H and O–H groups in total. The number of rotatable bonds is 3. The standard InChI is InChI=1S/C17H10Cl2N2S/c18-13-7-14(19)9-15(8-13)22-21-17-12(10-20)6-5-11-3-1-2-4-16(11)17/h1-9,21H. The lowest BCUT2D eigenvalue weighted by Gasteiger charge is -2.11. The highest BCUT2D eigenvalue weighted by molar-refractivity contribution is 8.00. The molecule has 0 aliphatic rings. The lowest BCUT2D eigenvalue weighted by atomic mass is 10.1. The van der Waals surface area contributed by atoms with E-state index in [1.54, 1.807) is 6.07 Å². The minimum Gasteiger partial charge on any atom is -0.324 e. The second kappa shape index (κ2) is 6.50. The summed E-state index contributed by atoms with van der Waals surface area (Å²) in [6.45, 7) is 0. The Labute approximate surface area is 142 Å². The second-order valence-corrected chi connectivity index (χ2v) is 6.38. The smallest absolute Gasteiger partial charge is 0.101 e. The van der Waals surface area contributed by atoms with Crippen LogP contribution < -0.4 is 4.72 Å². The molecule has 22 heavy (non-hydrogen) atoms. The minimum absolute atomic E-state index is 0.579. The highest BCUT2D eigenvalue weighted by atomic mass is 35.5. The first-order chi connectivity index (χ1) is 10.7. The van der Waals surface area contributed by atoms with E-state index in [1.807, 2.05) is 48.5 Å². The zero-order chi connectivity index (χ0) is 15.5. The van der Waals surface area contributed by atoms with Crippen LogP contribution in [0, 0.1) is 11.3 Å². The van der Waals surface area contributed by atoms with Gasteiger partial charge in [0.1, 0.15) is 6.07 Å². The summed E-state index contributed by atoms with van der Waals surface area (Å²) >= 11 is 13.4. The first-order valence-electron chi connectivity index (χ1n) is 6.48. The molecule has 0 radical (unpaired) electrons. The van der Waals surface area contributed by atoms with Crippen LogP contribution in [0.5, 0.6) is 0 Å². The second-order valence-electron chi connectivity index (χ2n) is 4.63. The van der Waals surface area contributed by atoms with Gasteiger partial charge in [-0.2, -0.15) is 5.26 Å². The third kappa shape index (κ3) is 3.15. The number of nitrogens with one attached hydrogen (secondary N) is 1. The van der Waals surface area contributed by atoms with E-state index >= 15 is 0 Å². The van der Waals surface area contributed by atoms with Crippen molar-refractivity contribution in [3.8, 4) is 6.07 Å². The Morgan fingerprint density at radius 2 is 1.68 bits per heavy atom. The molecule has 2 nitrogen and oxygen atoms in total. The van der Waals surface area contributed by atoms with E-state index in [1.165, 1.54) is 11.9 Å². The van der Waals surface area contributed by atoms with Gasteiger partial charge in [0, 0.05) is 20.3 Å². The van der Waals surface area contributed by atoms with E-state index in [9.17, 15) is 5.26 Å². The molecule has 0 unspecified atom stereocenters. The van der Waals surface area contributed by atoms with Crippen molar-refractivity contribution in [1.82, 2.24) is 0 Å². The first kappa shape index (κ1) is 15.1. The Morgan fingerprint density at radius 1 is 0.955 bits per heavy atom. The molecule has 0 aromatic heterocycles. The largest absolute Gasteiger partial charge is 0.324 e. The van der Waals surface area contributed by atoms with E-state index in [2.05, 4.69) is 10.8 Å². The van der Waals surface area contributed by atoms with Gasteiger partial charge in [-0.1, -0.05) is 53.5 Å². The molecule has 0 saturated carbocycles. The lowest BCUT2D eigenvalue weighted by molar-refractivity contribution is 1.46. The van der Waals surface area contributed by atoms with Crippen LogP contribution in [0.2, 0.25) is 10.0 Å². The summed E-state index contributed by atoms with van der Waals surface area (Å²) in [6.07, 6.45) is 0. The van der Waals surface area contributed by atoms with Gasteiger partial charge in [-0.15, -0.1) is 0 Å². The molecule has 3 aromatic carbocycles. The Balaban J connectivity index is 1.98. The molecular formula is C17H10Cl2N2S. The van der Waals surface area contributed by atoms with Gasteiger partial charge in [0.15, 0.2) is 0 Å². The topological polar surface area (TPSA) is 35.8 Å². The number of anilines is 1. The van der Waals surface area contributed by atoms with Crippen molar-refractivity contribution in [2.45, 2.75) is 4.90 Å². The zero-order valence-corrected chi connectivity index (χ0v) is 13.6. The molecule has 0 atom stereocenters. The van der Waals surface area contributed by atoms with Gasteiger partial charge in [-0.3, -0.25) is 0 Å². The number of hydrogen-bond acceptors (Lipinski definition) is 3. The maximum absolute atomic E-state index is 9.32. The van der Waals surface area contributed by atoms with Crippen LogP contribution in [0.4, 0.5) is 5.69 Å². The van der Waals surface area contributed by atoms with Crippen molar-refractivity contribution in [3.63, 3.8) is 0 Å². The predicted molar refractivity (Wildman–Crippen MR) is 94.6 cm³/mol. The van der Waals surface area contributed by atoms with Crippen molar-refractivity contribution in [2.75, 3.05) is 4.72 Å². The Morgan fingerprint density at radius 3 is 2.41 bits per heavy atom. The average molecular weight is 345 g/mol. The molecule has 3 aromatic rings. The van der Waals surface area contributed by atoms with Crippen LogP contribution in [0.1, 0.15) is 5.56 Å². The summed E-state index contributed by atoms with van der Waals surface area (Å²) in [5.74, 6) is 0. The van der Waals surface area contributed by atoms with Crippen molar-refractivity contribution < 1.29 is 0 Å². The molecule has 0 aliphatic heterocycles. The molecule has 0 bridgehead atoms. The molecule has 108 valence electrons. The highest BCUT2D eigenvalue weighted by Gasteiger charge is 2.08. The summed E-state index contributed by atoms with van der Waals surface area (Å²) in [5.41, 5.74) is 1.39. The van der Waals surface area contributed by atoms with E-state index in [0.29, 0.717) is 15.6 Å². The normalized spacial score (nSPS) is 10.4. The van der Waals surface area contributed by atoms with Gasteiger partial charge in [0.25, 0.3) is 0 Å². The SMILES string of the molecule is N#Cc1ccc2ccccc2c1NSc1cc(Cl)cc(Cl)c1. The third-order valence-corrected chi connectivity index (χ3v) is 4.37. The van der Waals surface area contributed by atoms with Crippen LogP contribution in [0.15, 0.2) is 59.5 Å². The molecule has 5 heteroatoms. The average Bonchev–Trinajstić information content (AvgIpc) is 2.51. The quantitative estimate of drug-likeness (QED) is 0.579. The van der Waals surface area contributed by atoms with E-state index < -0.39 is 0 Å². The predicted octanol–water partition coefficient (Wildman–Crippen LogP) is 6.14. The van der Waals surface area contributed by atoms with Crippen molar-refractivity contribution in [2.24, 2.45) is 0 Å². The monoisotopic (exact) mass is 344 g/mol. The Hall–Kier alpha value is -1.86. The number of nitrogens with zero attached hydrogens (tertiary/aromatic N) is 1. The molecule has 0 fully saturated rings. The number of fused-ring (bicyclic) bond motifs is 1. The van der Waals surface area contributed by atoms with E-state index in [4.69, 9.17) is 23.2 Å². The van der Waals surface area contributed by atoms with Crippen molar-refractivity contribution in [1.29, 1.82) is 5.26 Å². The summed E-state index contributed by atoms with van der Waals surface area (Å²) in [6, 6.07) is 19.2. The number of hydrogen-bond donors (Lipinski definition) is 1. The van der Waals surface area contributed by atoms with Crippen LogP contribution in [-0.4, -0.2) is 0 Å². The van der Waals surface area contributed by atoms with Gasteiger partial charge in [0.2, 0.25) is 0 Å². The zero-order valence-electron chi connectivity index (χ0n) is 11.3. The molecular weight excluding hydrogens is 335 g/mol. The van der Waals surface area contributed by atoms with Crippen LogP contribution >= 0.6 is 35.1 Å². The van der Waals surface area contributed by atoms with Gasteiger partial charge in [-0.25, -0.2) is 0 Å². The molecule has 0 spiro atoms. The molecule has 0 aliphatic carbocycles. The van der Waals surface area contributed by atoms with E-state index in [-0.39, 0.29) is 0 Å². The van der Waals surface area contributed by atoms with Crippen molar-refractivity contribution >= 4 is 51.6 Å². The van der Waals surface area contributed by atoms with Crippen LogP contribution in [0.3, 0.4) is 0 Å². The van der Waals surface area contributed by atoms with Crippen LogP contribution in [-0.2, 0) is 0 Å². The summed E-state index contributed by atoms with van der Waals surface area (Å²) in [4.78, 5) is 0.884. The number of benzene rings is 3. The van der Waals surface area contributed by atoms with Gasteiger partial charge < -0.3 is 4.72 Å². The van der Waals surface area contributed by atoms with Gasteiger partial charge in [-0.05, 0) is 41.6 Å². The molecule has 0 saturated heterocycles. The number of halogens is 2. The Bertz CT molecular complexity index is 867. The van der Waals surface area contributed by atoms with Crippen molar-refractivity contribution in [3.05, 3.63) is 70.2 Å². The highest BCUT2D eigenvalue weighted by Crippen LogP contribution is 2.33. The fourth-order valence-electron chi connectivity index (χ4n) is 2.17. The molecule has 0 heterocycles. The number of nitriles is 1. The fraction of sp³-hybridized carbons (Fsp3) is 0. The minimum atomic E-state index is 0.579.